The van der Waals surface area contributed by atoms with Crippen LogP contribution in [0, 0.1) is 0 Å². The Labute approximate surface area is 335 Å². The lowest BCUT2D eigenvalue weighted by Crippen LogP contribution is -2.00. The first kappa shape index (κ1) is 32.3. The third-order valence-corrected chi connectivity index (χ3v) is 13.3. The molecule has 0 fully saturated rings. The van der Waals surface area contributed by atoms with Crippen LogP contribution < -0.4 is 0 Å². The van der Waals surface area contributed by atoms with E-state index in [1.807, 2.05) is 41.7 Å². The zero-order valence-electron chi connectivity index (χ0n) is 30.3. The molecular formula is C51H29N3OS2. The van der Waals surface area contributed by atoms with Gasteiger partial charge < -0.3 is 4.42 Å². The Morgan fingerprint density at radius 3 is 1.79 bits per heavy atom. The van der Waals surface area contributed by atoms with Crippen molar-refractivity contribution in [2.75, 3.05) is 0 Å². The fourth-order valence-electron chi connectivity index (χ4n) is 8.27. The van der Waals surface area contributed by atoms with Crippen LogP contribution >= 0.6 is 22.7 Å². The first-order valence-corrected chi connectivity index (χ1v) is 20.6. The van der Waals surface area contributed by atoms with Gasteiger partial charge >= 0.3 is 0 Å². The molecule has 6 heteroatoms. The van der Waals surface area contributed by atoms with Gasteiger partial charge in [-0.3, -0.25) is 0 Å². The predicted octanol–water partition coefficient (Wildman–Crippen LogP) is 14.8. The van der Waals surface area contributed by atoms with Crippen LogP contribution in [0.1, 0.15) is 0 Å². The highest BCUT2D eigenvalue weighted by atomic mass is 32.1. The fraction of sp³-hybridized carbons (Fsp3) is 0. The molecule has 8 aromatic carbocycles. The minimum absolute atomic E-state index is 0.572. The lowest BCUT2D eigenvalue weighted by molar-refractivity contribution is 0.669. The molecule has 0 aliphatic carbocycles. The summed E-state index contributed by atoms with van der Waals surface area (Å²) in [5.41, 5.74) is 9.07. The molecular weight excluding hydrogens is 735 g/mol. The topological polar surface area (TPSA) is 51.8 Å². The van der Waals surface area contributed by atoms with E-state index in [2.05, 4.69) is 146 Å². The molecule has 0 aliphatic rings. The summed E-state index contributed by atoms with van der Waals surface area (Å²) in [4.78, 5) is 15.5. The number of hydrogen-bond donors (Lipinski definition) is 0. The van der Waals surface area contributed by atoms with E-state index in [1.54, 1.807) is 11.3 Å². The van der Waals surface area contributed by atoms with Crippen molar-refractivity contribution >= 4 is 85.0 Å². The maximum absolute atomic E-state index is 6.77. The quantitative estimate of drug-likeness (QED) is 0.175. The van der Waals surface area contributed by atoms with Crippen LogP contribution in [0.15, 0.2) is 180 Å². The Kier molecular flexibility index (Phi) is 7.24. The molecule has 0 atom stereocenters. The number of fused-ring (bicyclic) bond motifs is 9. The van der Waals surface area contributed by atoms with E-state index in [4.69, 9.17) is 19.4 Å². The Balaban J connectivity index is 1.06. The highest BCUT2D eigenvalue weighted by Gasteiger charge is 2.21. The molecule has 0 radical (unpaired) electrons. The largest absolute Gasteiger partial charge is 0.455 e. The normalized spacial score (nSPS) is 11.9. The first-order chi connectivity index (χ1) is 28.2. The lowest BCUT2D eigenvalue weighted by atomic mass is 9.95. The second-order valence-corrected chi connectivity index (χ2v) is 16.4. The smallest absolute Gasteiger partial charge is 0.167 e. The van der Waals surface area contributed by atoms with Crippen molar-refractivity contribution in [1.29, 1.82) is 0 Å². The van der Waals surface area contributed by atoms with Gasteiger partial charge in [0.25, 0.3) is 0 Å². The molecule has 0 bridgehead atoms. The van der Waals surface area contributed by atoms with Gasteiger partial charge in [-0.25, -0.2) is 15.0 Å². The minimum atomic E-state index is 0.572. The molecule has 0 amide bonds. The van der Waals surface area contributed by atoms with Crippen molar-refractivity contribution < 1.29 is 4.42 Å². The molecule has 0 saturated carbocycles. The average Bonchev–Trinajstić information content (AvgIpc) is 3.98. The zero-order valence-corrected chi connectivity index (χ0v) is 31.9. The van der Waals surface area contributed by atoms with Gasteiger partial charge in [-0.15, -0.1) is 22.7 Å². The number of para-hydroxylation sites is 1. The Hall–Kier alpha value is -6.99. The third kappa shape index (κ3) is 5.22. The molecule has 4 aromatic heterocycles. The highest BCUT2D eigenvalue weighted by molar-refractivity contribution is 7.26. The van der Waals surface area contributed by atoms with E-state index in [0.717, 1.165) is 49.6 Å². The van der Waals surface area contributed by atoms with Gasteiger partial charge in [0, 0.05) is 67.8 Å². The van der Waals surface area contributed by atoms with E-state index in [9.17, 15) is 0 Å². The molecule has 4 nitrogen and oxygen atoms in total. The van der Waals surface area contributed by atoms with Crippen LogP contribution in [0.3, 0.4) is 0 Å². The number of aromatic nitrogens is 3. The highest BCUT2D eigenvalue weighted by Crippen LogP contribution is 2.45. The van der Waals surface area contributed by atoms with Crippen LogP contribution in [0.5, 0.6) is 0 Å². The molecule has 0 spiro atoms. The molecule has 4 heterocycles. The van der Waals surface area contributed by atoms with Crippen LogP contribution in [0.25, 0.3) is 119 Å². The molecule has 57 heavy (non-hydrogen) atoms. The van der Waals surface area contributed by atoms with Crippen LogP contribution in [-0.2, 0) is 0 Å². The summed E-state index contributed by atoms with van der Waals surface area (Å²) in [7, 11) is 0. The SMILES string of the molecule is c1ccc(-c2cc(-c3ccc4oc5c(-c6nc(-c7ccccc7)nc(-c7cccc8sc9ccccc9c78)n6)cccc5c4c3)c3sc4ccccc4c3c2)cc1. The van der Waals surface area contributed by atoms with Crippen molar-refractivity contribution in [2.45, 2.75) is 0 Å². The summed E-state index contributed by atoms with van der Waals surface area (Å²) in [6.07, 6.45) is 0. The minimum Gasteiger partial charge on any atom is -0.455 e. The molecule has 12 aromatic rings. The molecule has 266 valence electrons. The summed E-state index contributed by atoms with van der Waals surface area (Å²) in [6, 6.07) is 62.0. The molecule has 0 unspecified atom stereocenters. The Morgan fingerprint density at radius 2 is 0.965 bits per heavy atom. The first-order valence-electron chi connectivity index (χ1n) is 18.9. The monoisotopic (exact) mass is 763 g/mol. The zero-order chi connectivity index (χ0) is 37.5. The second kappa shape index (κ2) is 12.8. The van der Waals surface area contributed by atoms with E-state index in [0.29, 0.717) is 17.5 Å². The summed E-state index contributed by atoms with van der Waals surface area (Å²) >= 11 is 3.64. The fourth-order valence-corrected chi connectivity index (χ4v) is 10.6. The van der Waals surface area contributed by atoms with Crippen molar-refractivity contribution in [3.63, 3.8) is 0 Å². The van der Waals surface area contributed by atoms with E-state index >= 15 is 0 Å². The maximum atomic E-state index is 6.77. The number of nitrogens with zero attached hydrogens (tertiary/aromatic N) is 3. The maximum Gasteiger partial charge on any atom is 0.167 e. The summed E-state index contributed by atoms with van der Waals surface area (Å²) in [6.45, 7) is 0. The van der Waals surface area contributed by atoms with Crippen LogP contribution in [0.2, 0.25) is 0 Å². The Bertz CT molecular complexity index is 3530. The van der Waals surface area contributed by atoms with Gasteiger partial charge in [0.05, 0.1) is 5.56 Å². The number of hydrogen-bond acceptors (Lipinski definition) is 6. The van der Waals surface area contributed by atoms with Crippen molar-refractivity contribution in [3.05, 3.63) is 176 Å². The van der Waals surface area contributed by atoms with Crippen molar-refractivity contribution in [3.8, 4) is 56.4 Å². The van der Waals surface area contributed by atoms with Crippen molar-refractivity contribution in [2.24, 2.45) is 0 Å². The summed E-state index contributed by atoms with van der Waals surface area (Å²) in [5, 5.41) is 6.99. The molecule has 0 N–H and O–H groups in total. The number of rotatable bonds is 5. The molecule has 12 rings (SSSR count). The third-order valence-electron chi connectivity index (χ3n) is 10.9. The number of thiophene rings is 2. The number of furan rings is 1. The van der Waals surface area contributed by atoms with E-state index in [1.165, 1.54) is 51.6 Å². The van der Waals surface area contributed by atoms with E-state index in [-0.39, 0.29) is 0 Å². The molecule has 0 saturated heterocycles. The number of benzene rings is 8. The van der Waals surface area contributed by atoms with Crippen LogP contribution in [-0.4, -0.2) is 15.0 Å². The van der Waals surface area contributed by atoms with Gasteiger partial charge in [0.2, 0.25) is 0 Å². The van der Waals surface area contributed by atoms with Gasteiger partial charge in [-0.05, 0) is 65.2 Å². The van der Waals surface area contributed by atoms with Crippen LogP contribution in [0.4, 0.5) is 0 Å². The van der Waals surface area contributed by atoms with Gasteiger partial charge in [-0.2, -0.15) is 0 Å². The summed E-state index contributed by atoms with van der Waals surface area (Å²) in [5.74, 6) is 1.82. The Morgan fingerprint density at radius 1 is 0.351 bits per heavy atom. The second-order valence-electron chi connectivity index (χ2n) is 14.3. The van der Waals surface area contributed by atoms with E-state index < -0.39 is 0 Å². The van der Waals surface area contributed by atoms with Gasteiger partial charge in [0.1, 0.15) is 11.2 Å². The van der Waals surface area contributed by atoms with Gasteiger partial charge in [-0.1, -0.05) is 127 Å². The molecule has 0 aliphatic heterocycles. The van der Waals surface area contributed by atoms with Gasteiger partial charge in [0.15, 0.2) is 17.5 Å². The summed E-state index contributed by atoms with van der Waals surface area (Å²) < 4.78 is 11.8. The lowest BCUT2D eigenvalue weighted by Gasteiger charge is -2.10. The van der Waals surface area contributed by atoms with Crippen molar-refractivity contribution in [1.82, 2.24) is 15.0 Å². The predicted molar refractivity (Wildman–Crippen MR) is 240 cm³/mol. The average molecular weight is 764 g/mol. The standard InChI is InChI=1S/C51H29N3OS2/c1-3-13-30(14-4-1)33-28-39(48-41(29-33)34-17-7-9-22-43(34)57-48)32-25-26-42-40(27-32)35-19-11-21-38(47(35)55-42)51-53-49(31-15-5-2-6-16-31)52-50(54-51)37-20-12-24-45-46(37)36-18-8-10-23-44(36)56-45/h1-29H.